The van der Waals surface area contributed by atoms with Gasteiger partial charge in [0.05, 0.1) is 17.5 Å². The molecule has 6 atom stereocenters. The van der Waals surface area contributed by atoms with E-state index in [4.69, 9.17) is 23.2 Å². The zero-order valence-electron chi connectivity index (χ0n) is 24.5. The van der Waals surface area contributed by atoms with Crippen LogP contribution in [-0.2, 0) is 19.2 Å². The van der Waals surface area contributed by atoms with Crippen molar-refractivity contribution in [3.8, 4) is 5.75 Å². The van der Waals surface area contributed by atoms with Crippen LogP contribution in [0.15, 0.2) is 48.0 Å². The zero-order chi connectivity index (χ0) is 31.3. The lowest BCUT2D eigenvalue weighted by Gasteiger charge is -2.51. The Morgan fingerprint density at radius 2 is 1.52 bits per heavy atom. The number of likely N-dealkylation sites (tertiary alicyclic amines) is 1. The van der Waals surface area contributed by atoms with Crippen LogP contribution in [0.4, 0.5) is 10.1 Å². The molecule has 2 aromatic rings. The fourth-order valence-electron chi connectivity index (χ4n) is 8.65. The molecule has 5 aliphatic rings. The maximum atomic E-state index is 14.4. The van der Waals surface area contributed by atoms with E-state index in [2.05, 4.69) is 0 Å². The normalized spacial score (nSPS) is 33.8. The van der Waals surface area contributed by atoms with E-state index in [1.165, 1.54) is 17.0 Å². The van der Waals surface area contributed by atoms with E-state index in [9.17, 15) is 28.7 Å². The number of anilines is 1. The monoisotopic (exact) mass is 638 g/mol. The number of fused-ring (bicyclic) bond motifs is 4. The van der Waals surface area contributed by atoms with Crippen LogP contribution in [0, 0.1) is 37.4 Å². The molecule has 3 aliphatic carbocycles. The van der Waals surface area contributed by atoms with Crippen molar-refractivity contribution in [3.63, 3.8) is 0 Å². The van der Waals surface area contributed by atoms with Crippen LogP contribution in [0.5, 0.6) is 5.75 Å². The van der Waals surface area contributed by atoms with Gasteiger partial charge in [-0.05, 0) is 86.4 Å². The van der Waals surface area contributed by atoms with E-state index in [1.807, 2.05) is 6.08 Å². The largest absolute Gasteiger partial charge is 0.507 e. The fraction of sp³-hybridized carbons (Fsp3) is 0.471. The molecule has 4 amide bonds. The summed E-state index contributed by atoms with van der Waals surface area (Å²) in [6, 6.07) is 8.29. The van der Waals surface area contributed by atoms with Gasteiger partial charge < -0.3 is 5.11 Å². The summed E-state index contributed by atoms with van der Waals surface area (Å²) in [5.74, 6) is -5.20. The Hall–Kier alpha value is -3.23. The predicted molar refractivity (Wildman–Crippen MR) is 163 cm³/mol. The molecule has 0 radical (unpaired) electrons. The Kier molecular flexibility index (Phi) is 6.80. The van der Waals surface area contributed by atoms with Crippen LogP contribution in [-0.4, -0.2) is 49.4 Å². The summed E-state index contributed by atoms with van der Waals surface area (Å²) in [5, 5.41) is 10.6. The van der Waals surface area contributed by atoms with Crippen molar-refractivity contribution in [1.82, 2.24) is 4.90 Å². The number of phenols is 1. The van der Waals surface area contributed by atoms with Crippen LogP contribution in [0.25, 0.3) is 0 Å². The third-order valence-corrected chi connectivity index (χ3v) is 12.1. The number of allylic oxidation sites excluding steroid dienone is 2. The Labute approximate surface area is 265 Å². The van der Waals surface area contributed by atoms with Crippen molar-refractivity contribution in [2.24, 2.45) is 17.8 Å². The SMILES string of the molecule is Cc1cc([C@H]2C3=CC[C@@H]4C(=O)N(C5CCCCC5)C(=O)[C@@H]4[C@@H]3C[C@@]3(Cl)C(=O)N(c4ccc(F)cc4)C(=O)[C@@]23Cl)cc(C)c1O. The highest BCUT2D eigenvalue weighted by molar-refractivity contribution is 6.58. The molecule has 7 nitrogen and oxygen atoms in total. The highest BCUT2D eigenvalue weighted by atomic mass is 35.5. The standard InChI is InChI=1S/C34H33Cl2FN2O5/c1-17-14-19(15-18(2)28(17)40)27-23-12-13-24-26(30(42)38(29(24)41)21-6-4-3-5-7-21)25(23)16-33(35)31(43)39(32(44)34(27,33)36)22-10-8-20(37)9-11-22/h8-12,14-15,21,24-27,40H,3-7,13,16H2,1-2H3/t24-,25+,26-,27-,33+,34-/m0/s1. The molecule has 2 aromatic carbocycles. The number of benzene rings is 2. The van der Waals surface area contributed by atoms with Crippen LogP contribution in [0.1, 0.15) is 67.6 Å². The van der Waals surface area contributed by atoms with Gasteiger partial charge in [0, 0.05) is 12.0 Å². The van der Waals surface area contributed by atoms with Gasteiger partial charge >= 0.3 is 0 Å². The molecule has 2 saturated carbocycles. The lowest BCUT2D eigenvalue weighted by atomic mass is 9.56. The van der Waals surface area contributed by atoms with Crippen molar-refractivity contribution in [3.05, 3.63) is 70.6 Å². The summed E-state index contributed by atoms with van der Waals surface area (Å²) in [6.07, 6.45) is 6.67. The minimum absolute atomic E-state index is 0.0982. The summed E-state index contributed by atoms with van der Waals surface area (Å²) >= 11 is 14.8. The number of aromatic hydroxyl groups is 1. The van der Waals surface area contributed by atoms with Gasteiger partial charge in [-0.3, -0.25) is 24.1 Å². The van der Waals surface area contributed by atoms with Crippen LogP contribution in [0.2, 0.25) is 0 Å². The second-order valence-electron chi connectivity index (χ2n) is 13.1. The molecule has 10 heteroatoms. The predicted octanol–water partition coefficient (Wildman–Crippen LogP) is 6.04. The van der Waals surface area contributed by atoms with E-state index >= 15 is 0 Å². The number of rotatable bonds is 3. The van der Waals surface area contributed by atoms with Crippen molar-refractivity contribution < 1.29 is 28.7 Å². The first kappa shape index (κ1) is 29.5. The lowest BCUT2D eigenvalue weighted by Crippen LogP contribution is -2.60. The second kappa shape index (κ2) is 10.1. The Morgan fingerprint density at radius 3 is 2.16 bits per heavy atom. The Bertz CT molecular complexity index is 1630. The first-order valence-corrected chi connectivity index (χ1v) is 16.0. The van der Waals surface area contributed by atoms with Crippen molar-refractivity contribution in [2.75, 3.05) is 4.90 Å². The quantitative estimate of drug-likeness (QED) is 0.251. The summed E-state index contributed by atoms with van der Waals surface area (Å²) in [4.78, 5) is 55.2. The number of nitrogens with zero attached hydrogens (tertiary/aromatic N) is 2. The number of amides is 4. The molecule has 1 N–H and O–H groups in total. The van der Waals surface area contributed by atoms with Gasteiger partial charge in [-0.25, -0.2) is 9.29 Å². The van der Waals surface area contributed by atoms with E-state index in [0.29, 0.717) is 28.7 Å². The fourth-order valence-corrected chi connectivity index (χ4v) is 9.59. The van der Waals surface area contributed by atoms with Crippen LogP contribution < -0.4 is 4.90 Å². The van der Waals surface area contributed by atoms with Gasteiger partial charge in [0.1, 0.15) is 11.6 Å². The minimum atomic E-state index is -2.00. The molecule has 4 fully saturated rings. The maximum absolute atomic E-state index is 14.4. The number of phenolic OH excluding ortho intramolecular Hbond substituents is 1. The smallest absolute Gasteiger partial charge is 0.258 e. The van der Waals surface area contributed by atoms with Crippen LogP contribution in [0.3, 0.4) is 0 Å². The molecule has 0 bridgehead atoms. The van der Waals surface area contributed by atoms with Gasteiger partial charge in [0.15, 0.2) is 9.75 Å². The average Bonchev–Trinajstić information content (AvgIpc) is 3.34. The van der Waals surface area contributed by atoms with Crippen molar-refractivity contribution >= 4 is 52.5 Å². The molecule has 2 saturated heterocycles. The van der Waals surface area contributed by atoms with E-state index in [-0.39, 0.29) is 35.7 Å². The van der Waals surface area contributed by atoms with Crippen LogP contribution >= 0.6 is 23.2 Å². The number of halogens is 3. The van der Waals surface area contributed by atoms with Crippen molar-refractivity contribution in [1.29, 1.82) is 0 Å². The highest BCUT2D eigenvalue weighted by Gasteiger charge is 2.76. The zero-order valence-corrected chi connectivity index (χ0v) is 26.0. The molecule has 230 valence electrons. The third kappa shape index (κ3) is 3.86. The number of hydrogen-bond acceptors (Lipinski definition) is 5. The highest BCUT2D eigenvalue weighted by Crippen LogP contribution is 2.66. The number of hydrogen-bond donors (Lipinski definition) is 1. The number of aryl methyl sites for hydroxylation is 2. The minimum Gasteiger partial charge on any atom is -0.507 e. The lowest BCUT2D eigenvalue weighted by molar-refractivity contribution is -0.143. The van der Waals surface area contributed by atoms with Gasteiger partial charge in [0.25, 0.3) is 11.8 Å². The molecule has 7 rings (SSSR count). The molecular formula is C34H33Cl2FN2O5. The summed E-state index contributed by atoms with van der Waals surface area (Å²) in [5.41, 5.74) is 2.53. The van der Waals surface area contributed by atoms with E-state index in [0.717, 1.165) is 49.1 Å². The molecule has 2 aliphatic heterocycles. The number of imide groups is 2. The topological polar surface area (TPSA) is 95.0 Å². The Balaban J connectivity index is 1.40. The molecule has 0 spiro atoms. The summed E-state index contributed by atoms with van der Waals surface area (Å²) in [6.45, 7) is 3.47. The number of carbonyl (C=O) groups excluding carboxylic acids is 4. The Morgan fingerprint density at radius 1 is 0.886 bits per heavy atom. The van der Waals surface area contributed by atoms with Crippen molar-refractivity contribution in [2.45, 2.75) is 80.5 Å². The van der Waals surface area contributed by atoms with Gasteiger partial charge in [-0.1, -0.05) is 43.0 Å². The third-order valence-electron chi connectivity index (χ3n) is 10.7. The van der Waals surface area contributed by atoms with E-state index < -0.39 is 51.1 Å². The maximum Gasteiger partial charge on any atom is 0.258 e. The molecule has 0 aromatic heterocycles. The van der Waals surface area contributed by atoms with Gasteiger partial charge in [-0.2, -0.15) is 0 Å². The number of carbonyl (C=O) groups is 4. The number of alkyl halides is 2. The average molecular weight is 640 g/mol. The van der Waals surface area contributed by atoms with Gasteiger partial charge in [0.2, 0.25) is 11.8 Å². The molecule has 0 unspecified atom stereocenters. The molecule has 44 heavy (non-hydrogen) atoms. The second-order valence-corrected chi connectivity index (χ2v) is 14.3. The summed E-state index contributed by atoms with van der Waals surface area (Å²) in [7, 11) is 0. The molecular weight excluding hydrogens is 606 g/mol. The van der Waals surface area contributed by atoms with E-state index in [1.54, 1.807) is 26.0 Å². The first-order chi connectivity index (χ1) is 20.9. The molecule has 2 heterocycles. The first-order valence-electron chi connectivity index (χ1n) is 15.3. The van der Waals surface area contributed by atoms with Gasteiger partial charge in [-0.15, -0.1) is 23.2 Å². The summed E-state index contributed by atoms with van der Waals surface area (Å²) < 4.78 is 13.8.